The molecule has 1 nitrogen and oxygen atoms in total. The number of nitrogens with zero attached hydrogens (tertiary/aromatic N) is 1. The van der Waals surface area contributed by atoms with E-state index >= 15 is 0 Å². The first-order valence-electron chi connectivity index (χ1n) is 9.73. The highest BCUT2D eigenvalue weighted by atomic mass is 14.8. The highest BCUT2D eigenvalue weighted by molar-refractivity contribution is 5.90. The van der Waals surface area contributed by atoms with E-state index in [-0.39, 0.29) is 5.41 Å². The molecule has 3 aromatic rings. The molecule has 3 aromatic carbocycles. The molecule has 4 rings (SSSR count). The molecule has 1 aliphatic rings. The van der Waals surface area contributed by atoms with Crippen molar-refractivity contribution in [3.63, 3.8) is 0 Å². The number of fused-ring (bicyclic) bond motifs is 1. The van der Waals surface area contributed by atoms with E-state index in [9.17, 15) is 0 Å². The van der Waals surface area contributed by atoms with Gasteiger partial charge in [0.05, 0.1) is 5.70 Å². The first-order chi connectivity index (χ1) is 13.6. The first kappa shape index (κ1) is 18.2. The van der Waals surface area contributed by atoms with Crippen molar-refractivity contribution in [1.82, 2.24) is 0 Å². The van der Waals surface area contributed by atoms with Crippen molar-refractivity contribution in [2.45, 2.75) is 26.2 Å². The zero-order valence-corrected chi connectivity index (χ0v) is 16.7. The summed E-state index contributed by atoms with van der Waals surface area (Å²) >= 11 is 0. The first-order valence-corrected chi connectivity index (χ1v) is 9.73. The van der Waals surface area contributed by atoms with Crippen molar-refractivity contribution in [2.24, 2.45) is 4.99 Å². The molecule has 0 bridgehead atoms. The van der Waals surface area contributed by atoms with E-state index in [2.05, 4.69) is 93.2 Å². The monoisotopic (exact) mass is 363 g/mol. The van der Waals surface area contributed by atoms with Crippen LogP contribution in [0.25, 0.3) is 27.8 Å². The van der Waals surface area contributed by atoms with Crippen LogP contribution < -0.4 is 0 Å². The van der Waals surface area contributed by atoms with Crippen molar-refractivity contribution >= 4 is 11.8 Å². The van der Waals surface area contributed by atoms with Crippen molar-refractivity contribution in [2.75, 3.05) is 0 Å². The smallest absolute Gasteiger partial charge is 0.0577 e. The standard InChI is InChI=1S/C27H25N/c1-5-21-24-17-16-20(18-25(24)27(3,4)26(21)28-6-2)23-15-11-10-14-22(23)19-12-8-7-9-13-19/h5-18H,1H2,2-4H3. The Morgan fingerprint density at radius 3 is 2.07 bits per heavy atom. The maximum absolute atomic E-state index is 4.69. The van der Waals surface area contributed by atoms with Crippen molar-refractivity contribution in [3.8, 4) is 22.3 Å². The summed E-state index contributed by atoms with van der Waals surface area (Å²) in [5.74, 6) is 0. The van der Waals surface area contributed by atoms with Gasteiger partial charge in [-0.2, -0.15) is 0 Å². The minimum atomic E-state index is -0.150. The molecule has 0 N–H and O–H groups in total. The molecule has 0 saturated carbocycles. The van der Waals surface area contributed by atoms with Crippen LogP contribution in [0.15, 0.2) is 96.1 Å². The molecule has 138 valence electrons. The Morgan fingerprint density at radius 1 is 0.786 bits per heavy atom. The molecule has 0 aromatic heterocycles. The molecule has 0 aliphatic heterocycles. The quantitative estimate of drug-likeness (QED) is 0.431. The van der Waals surface area contributed by atoms with E-state index in [0.717, 1.165) is 11.3 Å². The molecule has 0 saturated heterocycles. The summed E-state index contributed by atoms with van der Waals surface area (Å²) in [7, 11) is 0. The van der Waals surface area contributed by atoms with Crippen LogP contribution in [0.2, 0.25) is 0 Å². The Bertz CT molecular complexity index is 1100. The molecular weight excluding hydrogens is 338 g/mol. The zero-order chi connectivity index (χ0) is 19.7. The van der Waals surface area contributed by atoms with E-state index in [1.54, 1.807) is 0 Å². The highest BCUT2D eigenvalue weighted by Crippen LogP contribution is 2.48. The fourth-order valence-corrected chi connectivity index (χ4v) is 4.23. The summed E-state index contributed by atoms with van der Waals surface area (Å²) in [5.41, 5.74) is 9.60. The van der Waals surface area contributed by atoms with E-state index in [1.165, 1.54) is 33.4 Å². The maximum Gasteiger partial charge on any atom is 0.0577 e. The Morgan fingerprint density at radius 2 is 1.43 bits per heavy atom. The van der Waals surface area contributed by atoms with Gasteiger partial charge in [-0.3, -0.25) is 4.99 Å². The van der Waals surface area contributed by atoms with Gasteiger partial charge in [0.25, 0.3) is 0 Å². The van der Waals surface area contributed by atoms with Gasteiger partial charge < -0.3 is 0 Å². The van der Waals surface area contributed by atoms with Crippen LogP contribution in [0, 0.1) is 0 Å². The summed E-state index contributed by atoms with van der Waals surface area (Å²) in [6.45, 7) is 10.5. The lowest BCUT2D eigenvalue weighted by Crippen LogP contribution is -2.16. The number of aliphatic imine (C=N–C) groups is 1. The lowest BCUT2D eigenvalue weighted by Gasteiger charge is -2.22. The van der Waals surface area contributed by atoms with Gasteiger partial charge in [-0.25, -0.2) is 0 Å². The molecule has 1 aliphatic carbocycles. The largest absolute Gasteiger partial charge is 0.264 e. The number of allylic oxidation sites excluding steroid dienone is 3. The molecule has 0 unspecified atom stereocenters. The Labute approximate surface area is 167 Å². The highest BCUT2D eigenvalue weighted by Gasteiger charge is 2.37. The van der Waals surface area contributed by atoms with Crippen molar-refractivity contribution in [1.29, 1.82) is 0 Å². The van der Waals surface area contributed by atoms with Crippen LogP contribution in [0.1, 0.15) is 31.9 Å². The minimum absolute atomic E-state index is 0.150. The van der Waals surface area contributed by atoms with Gasteiger partial charge in [-0.1, -0.05) is 93.2 Å². The van der Waals surface area contributed by atoms with Crippen LogP contribution in [0.4, 0.5) is 0 Å². The number of benzene rings is 3. The summed E-state index contributed by atoms with van der Waals surface area (Å²) in [4.78, 5) is 4.69. The fraction of sp³-hybridized carbons (Fsp3) is 0.148. The van der Waals surface area contributed by atoms with E-state index in [4.69, 9.17) is 4.99 Å². The number of hydrogen-bond acceptors (Lipinski definition) is 1. The topological polar surface area (TPSA) is 12.4 Å². The SMILES string of the molecule is C=CC1=C(N=CC)C(C)(C)c2cc(-c3ccccc3-c3ccccc3)ccc21. The molecule has 0 radical (unpaired) electrons. The predicted molar refractivity (Wildman–Crippen MR) is 122 cm³/mol. The van der Waals surface area contributed by atoms with Crippen molar-refractivity contribution in [3.05, 3.63) is 102 Å². The average molecular weight is 364 g/mol. The van der Waals surface area contributed by atoms with Gasteiger partial charge >= 0.3 is 0 Å². The van der Waals surface area contributed by atoms with Crippen molar-refractivity contribution < 1.29 is 0 Å². The Hall–Kier alpha value is -3.19. The van der Waals surface area contributed by atoms with E-state index in [0.29, 0.717) is 0 Å². The summed E-state index contributed by atoms with van der Waals surface area (Å²) in [5, 5.41) is 0. The van der Waals surface area contributed by atoms with Crippen LogP contribution in [0.5, 0.6) is 0 Å². The Balaban J connectivity index is 1.89. The third-order valence-corrected chi connectivity index (χ3v) is 5.62. The van der Waals surface area contributed by atoms with Crippen LogP contribution in [0.3, 0.4) is 0 Å². The second-order valence-electron chi connectivity index (χ2n) is 7.65. The van der Waals surface area contributed by atoms with Gasteiger partial charge in [0.2, 0.25) is 0 Å². The third kappa shape index (κ3) is 2.84. The average Bonchev–Trinajstić information content (AvgIpc) is 2.95. The zero-order valence-electron chi connectivity index (χ0n) is 16.7. The molecule has 28 heavy (non-hydrogen) atoms. The normalized spacial score (nSPS) is 15.1. The van der Waals surface area contributed by atoms with Crippen LogP contribution in [-0.2, 0) is 5.41 Å². The minimum Gasteiger partial charge on any atom is -0.264 e. The van der Waals surface area contributed by atoms with Gasteiger partial charge in [0.1, 0.15) is 0 Å². The summed E-state index contributed by atoms with van der Waals surface area (Å²) < 4.78 is 0. The molecule has 0 spiro atoms. The molecule has 0 amide bonds. The second kappa shape index (κ2) is 7.09. The van der Waals surface area contributed by atoms with E-state index in [1.807, 2.05) is 19.2 Å². The van der Waals surface area contributed by atoms with Crippen LogP contribution in [-0.4, -0.2) is 6.21 Å². The molecule has 0 atom stereocenters. The molecule has 0 fully saturated rings. The lowest BCUT2D eigenvalue weighted by molar-refractivity contribution is 0.633. The van der Waals surface area contributed by atoms with E-state index < -0.39 is 0 Å². The third-order valence-electron chi connectivity index (χ3n) is 5.62. The van der Waals surface area contributed by atoms with Gasteiger partial charge in [-0.15, -0.1) is 0 Å². The van der Waals surface area contributed by atoms with Gasteiger partial charge in [0.15, 0.2) is 0 Å². The summed E-state index contributed by atoms with van der Waals surface area (Å²) in [6, 6.07) is 26.0. The molecule has 0 heterocycles. The second-order valence-corrected chi connectivity index (χ2v) is 7.65. The molecular formula is C27H25N. The fourth-order valence-electron chi connectivity index (χ4n) is 4.23. The lowest BCUT2D eigenvalue weighted by atomic mass is 9.82. The van der Waals surface area contributed by atoms with Gasteiger partial charge in [-0.05, 0) is 46.4 Å². The van der Waals surface area contributed by atoms with Crippen LogP contribution >= 0.6 is 0 Å². The number of hydrogen-bond donors (Lipinski definition) is 0. The maximum atomic E-state index is 4.69. The van der Waals surface area contributed by atoms with Gasteiger partial charge in [0, 0.05) is 17.2 Å². The number of rotatable bonds is 4. The Kier molecular flexibility index (Phi) is 4.60. The molecule has 1 heteroatoms. The summed E-state index contributed by atoms with van der Waals surface area (Å²) in [6.07, 6.45) is 3.81. The predicted octanol–water partition coefficient (Wildman–Crippen LogP) is 7.30.